The zero-order chi connectivity index (χ0) is 13.0. The molecule has 0 spiro atoms. The van der Waals surface area contributed by atoms with E-state index in [4.69, 9.17) is 19.0 Å². The van der Waals surface area contributed by atoms with Gasteiger partial charge >= 0.3 is 112 Å². The molecule has 0 saturated carbocycles. The van der Waals surface area contributed by atoms with Crippen LogP contribution in [0.5, 0.6) is 0 Å². The molecule has 0 aromatic heterocycles. The molecule has 1 aromatic rings. The third kappa shape index (κ3) is 4.84. The molecule has 1 aliphatic rings. The second kappa shape index (κ2) is 6.33. The fraction of sp³-hybridized carbons (Fsp3) is 0.500. The molecule has 0 bridgehead atoms. The maximum absolute atomic E-state index is 9.06. The van der Waals surface area contributed by atoms with Gasteiger partial charge in [0.2, 0.25) is 0 Å². The van der Waals surface area contributed by atoms with Gasteiger partial charge in [-0.25, -0.2) is 0 Å². The molecule has 0 radical (unpaired) electrons. The van der Waals surface area contributed by atoms with Crippen molar-refractivity contribution >= 4 is 19.4 Å². The Hall–Kier alpha value is -0.160. The Kier molecular flexibility index (Phi) is 5.01. The van der Waals surface area contributed by atoms with E-state index in [1.807, 2.05) is 18.2 Å². The van der Waals surface area contributed by atoms with E-state index < -0.39 is 7.15 Å². The summed E-state index contributed by atoms with van der Waals surface area (Å²) >= 11 is 3.60. The predicted molar refractivity (Wildman–Crippen MR) is 75.7 cm³/mol. The van der Waals surface area contributed by atoms with Gasteiger partial charge in [-0.2, -0.15) is 0 Å². The zero-order valence-electron chi connectivity index (χ0n) is 10.0. The van der Waals surface area contributed by atoms with Crippen molar-refractivity contribution in [3.05, 3.63) is 35.9 Å². The number of thiol groups is 1. The van der Waals surface area contributed by atoms with Gasteiger partial charge in [-0.3, -0.25) is 0 Å². The summed E-state index contributed by atoms with van der Waals surface area (Å²) in [6.45, 7) is 0.202. The first-order chi connectivity index (χ1) is 8.53. The van der Waals surface area contributed by atoms with Gasteiger partial charge in [-0.15, -0.1) is 0 Å². The number of hydrogen-bond acceptors (Lipinski definition) is 5. The molecule has 1 saturated heterocycles. The van der Waals surface area contributed by atoms with E-state index in [2.05, 4.69) is 24.4 Å². The van der Waals surface area contributed by atoms with Gasteiger partial charge in [-0.05, 0) is 0 Å². The van der Waals surface area contributed by atoms with Crippen molar-refractivity contribution in [2.45, 2.75) is 31.5 Å². The third-order valence-electron chi connectivity index (χ3n) is 2.96. The zero-order valence-corrected chi connectivity index (χ0v) is 11.9. The number of hydrogen-bond donors (Lipinski definition) is 3. The first-order valence-corrected chi connectivity index (χ1v) is 9.12. The predicted octanol–water partition coefficient (Wildman–Crippen LogP) is 2.12. The van der Waals surface area contributed by atoms with Gasteiger partial charge in [-0.1, -0.05) is 0 Å². The summed E-state index contributed by atoms with van der Waals surface area (Å²) < 4.78 is 10.7. The molecular weight excluding hydrogens is 271 g/mol. The summed E-state index contributed by atoms with van der Waals surface area (Å²) in [7, 11) is -3.71. The van der Waals surface area contributed by atoms with Crippen LogP contribution in [-0.2, 0) is 15.7 Å². The minimum absolute atomic E-state index is 0.0583. The monoisotopic (exact) mass is 290 g/mol. The van der Waals surface area contributed by atoms with Crippen molar-refractivity contribution in [1.29, 1.82) is 0 Å². The first-order valence-electron chi connectivity index (χ1n) is 6.03. The van der Waals surface area contributed by atoms with Gasteiger partial charge in [0.1, 0.15) is 0 Å². The first kappa shape index (κ1) is 14.3. The van der Waals surface area contributed by atoms with Crippen LogP contribution in [0.1, 0.15) is 18.4 Å². The SMILES string of the molecule is O[PH](O)(S)OC[C@@H]1CC[C@H](Cc2ccccc2)O1. The fourth-order valence-corrected chi connectivity index (χ4v) is 2.77. The summed E-state index contributed by atoms with van der Waals surface area (Å²) in [6, 6.07) is 10.2. The van der Waals surface area contributed by atoms with Crippen LogP contribution >= 0.6 is 19.4 Å². The van der Waals surface area contributed by atoms with E-state index in [9.17, 15) is 0 Å². The van der Waals surface area contributed by atoms with Crippen LogP contribution in [0.15, 0.2) is 30.3 Å². The van der Waals surface area contributed by atoms with E-state index in [1.54, 1.807) is 0 Å². The van der Waals surface area contributed by atoms with Gasteiger partial charge in [0, 0.05) is 0 Å². The molecule has 0 aliphatic carbocycles. The summed E-state index contributed by atoms with van der Waals surface area (Å²) in [4.78, 5) is 18.1. The normalized spacial score (nSPS) is 25.3. The van der Waals surface area contributed by atoms with Crippen LogP contribution in [0.2, 0.25) is 0 Å². The Labute approximate surface area is 113 Å². The third-order valence-corrected chi connectivity index (χ3v) is 3.91. The van der Waals surface area contributed by atoms with Crippen LogP contribution in [-0.4, -0.2) is 28.6 Å². The average Bonchev–Trinajstić information content (AvgIpc) is 2.75. The summed E-state index contributed by atoms with van der Waals surface area (Å²) in [5.74, 6) is 0. The molecule has 0 amide bonds. The van der Waals surface area contributed by atoms with Crippen molar-refractivity contribution in [3.63, 3.8) is 0 Å². The molecule has 1 heterocycles. The topological polar surface area (TPSA) is 58.9 Å². The molecule has 4 nitrogen and oxygen atoms in total. The number of rotatable bonds is 5. The molecular formula is C12H19O4PS. The van der Waals surface area contributed by atoms with Gasteiger partial charge in [0.15, 0.2) is 0 Å². The van der Waals surface area contributed by atoms with Crippen molar-refractivity contribution in [2.24, 2.45) is 0 Å². The molecule has 1 fully saturated rings. The molecule has 2 rings (SSSR count). The van der Waals surface area contributed by atoms with E-state index in [-0.39, 0.29) is 18.8 Å². The molecule has 18 heavy (non-hydrogen) atoms. The molecule has 2 atom stereocenters. The van der Waals surface area contributed by atoms with Crippen molar-refractivity contribution in [3.8, 4) is 0 Å². The maximum atomic E-state index is 9.06. The second-order valence-corrected chi connectivity index (χ2v) is 7.72. The van der Waals surface area contributed by atoms with Crippen LogP contribution in [0.25, 0.3) is 0 Å². The quantitative estimate of drug-likeness (QED) is 0.574. The molecule has 6 heteroatoms. The standard InChI is InChI=1S/C12H19O4PS/c13-17(14,18)15-9-12-7-6-11(16-12)8-10-4-2-1-3-5-10/h1-5,11-14,17-18H,6-9H2/t11-,12+/m1/s1. The van der Waals surface area contributed by atoms with Crippen LogP contribution in [0.4, 0.5) is 0 Å². The summed E-state index contributed by atoms with van der Waals surface area (Å²) in [5.41, 5.74) is 1.26. The van der Waals surface area contributed by atoms with E-state index >= 15 is 0 Å². The Balaban J connectivity index is 1.75. The minimum atomic E-state index is -3.71. The van der Waals surface area contributed by atoms with Crippen LogP contribution in [0.3, 0.4) is 0 Å². The van der Waals surface area contributed by atoms with E-state index in [0.29, 0.717) is 0 Å². The molecule has 2 N–H and O–H groups in total. The molecule has 1 aliphatic heterocycles. The van der Waals surface area contributed by atoms with Crippen molar-refractivity contribution < 1.29 is 19.0 Å². The summed E-state index contributed by atoms with van der Waals surface area (Å²) in [5, 5.41) is 0. The van der Waals surface area contributed by atoms with E-state index in [1.165, 1.54) is 5.56 Å². The van der Waals surface area contributed by atoms with E-state index in [0.717, 1.165) is 19.3 Å². The number of benzene rings is 1. The van der Waals surface area contributed by atoms with Crippen LogP contribution < -0.4 is 0 Å². The summed E-state index contributed by atoms with van der Waals surface area (Å²) in [6.07, 6.45) is 2.88. The Morgan fingerprint density at radius 3 is 2.56 bits per heavy atom. The number of ether oxygens (including phenoxy) is 1. The fourth-order valence-electron chi connectivity index (χ4n) is 2.13. The molecule has 0 unspecified atom stereocenters. The van der Waals surface area contributed by atoms with Crippen LogP contribution in [0, 0.1) is 0 Å². The Morgan fingerprint density at radius 1 is 1.22 bits per heavy atom. The van der Waals surface area contributed by atoms with Gasteiger partial charge in [0.25, 0.3) is 0 Å². The Bertz CT molecular complexity index is 368. The van der Waals surface area contributed by atoms with Crippen molar-refractivity contribution in [2.75, 3.05) is 6.61 Å². The second-order valence-electron chi connectivity index (χ2n) is 4.53. The van der Waals surface area contributed by atoms with Gasteiger partial charge in [0.05, 0.1) is 0 Å². The van der Waals surface area contributed by atoms with Gasteiger partial charge < -0.3 is 0 Å². The molecule has 1 aromatic carbocycles. The Morgan fingerprint density at radius 2 is 1.89 bits per heavy atom. The molecule has 102 valence electrons. The average molecular weight is 290 g/mol. The van der Waals surface area contributed by atoms with Crippen molar-refractivity contribution in [1.82, 2.24) is 0 Å².